The maximum Gasteiger partial charge on any atom is 0.271 e. The number of hydrazone groups is 1. The predicted octanol–water partition coefficient (Wildman–Crippen LogP) is 2.87. The first-order valence-electron chi connectivity index (χ1n) is 8.75. The minimum absolute atomic E-state index is 0.0152. The molecule has 1 fully saturated rings. The van der Waals surface area contributed by atoms with E-state index >= 15 is 0 Å². The Hall–Kier alpha value is -2.78. The molecule has 0 unspecified atom stereocenters. The van der Waals surface area contributed by atoms with Crippen molar-refractivity contribution in [3.05, 3.63) is 68.2 Å². The van der Waals surface area contributed by atoms with Crippen molar-refractivity contribution in [3.63, 3.8) is 0 Å². The molecule has 0 spiro atoms. The zero-order valence-corrected chi connectivity index (χ0v) is 16.9. The van der Waals surface area contributed by atoms with Crippen molar-refractivity contribution in [2.75, 3.05) is 38.1 Å². The third-order valence-electron chi connectivity index (χ3n) is 4.54. The van der Waals surface area contributed by atoms with Gasteiger partial charge in [0.25, 0.3) is 11.6 Å². The number of anilines is 1. The molecule has 3 rings (SSSR count). The molecule has 1 aliphatic heterocycles. The molecular weight excluding hydrogens is 426 g/mol. The van der Waals surface area contributed by atoms with Gasteiger partial charge in [0, 0.05) is 59.6 Å². The molecule has 1 aliphatic rings. The van der Waals surface area contributed by atoms with Crippen LogP contribution in [0.4, 0.5) is 11.4 Å². The predicted molar refractivity (Wildman–Crippen MR) is 112 cm³/mol. The lowest BCUT2D eigenvalue weighted by Gasteiger charge is -2.34. The molecular formula is C19H20BrN5O3. The summed E-state index contributed by atoms with van der Waals surface area (Å²) >= 11 is 3.32. The van der Waals surface area contributed by atoms with Crippen LogP contribution in [0.15, 0.2) is 52.0 Å². The van der Waals surface area contributed by atoms with E-state index in [0.29, 0.717) is 11.1 Å². The van der Waals surface area contributed by atoms with Gasteiger partial charge in [-0.05, 0) is 37.4 Å². The molecule has 28 heavy (non-hydrogen) atoms. The second-order valence-corrected chi connectivity index (χ2v) is 7.41. The van der Waals surface area contributed by atoms with Gasteiger partial charge in [0.05, 0.1) is 11.1 Å². The molecule has 0 aromatic heterocycles. The number of non-ortho nitro benzene ring substituents is 1. The van der Waals surface area contributed by atoms with E-state index in [-0.39, 0.29) is 11.6 Å². The first-order chi connectivity index (χ1) is 13.4. The number of piperazine rings is 1. The standard InChI is InChI=1S/C19H20BrN5O3/c1-23-8-10-24(11-9-23)18-7-6-17(25(27)28)12-15(18)13-21-22-19(26)14-2-4-16(20)5-3-14/h2-7,12-13H,8-11H2,1H3,(H,22,26)/b21-13-. The van der Waals surface area contributed by atoms with Crippen LogP contribution in [-0.4, -0.2) is 55.2 Å². The third kappa shape index (κ3) is 4.93. The molecule has 1 heterocycles. The van der Waals surface area contributed by atoms with E-state index in [4.69, 9.17) is 0 Å². The molecule has 1 N–H and O–H groups in total. The minimum atomic E-state index is -0.439. The van der Waals surface area contributed by atoms with E-state index in [2.05, 4.69) is 43.3 Å². The van der Waals surface area contributed by atoms with Crippen molar-refractivity contribution in [2.24, 2.45) is 5.10 Å². The number of carbonyl (C=O) groups is 1. The lowest BCUT2D eigenvalue weighted by molar-refractivity contribution is -0.384. The van der Waals surface area contributed by atoms with Crippen molar-refractivity contribution in [1.29, 1.82) is 0 Å². The third-order valence-corrected chi connectivity index (χ3v) is 5.07. The lowest BCUT2D eigenvalue weighted by atomic mass is 10.1. The van der Waals surface area contributed by atoms with E-state index in [0.717, 1.165) is 36.3 Å². The molecule has 0 atom stereocenters. The smallest absolute Gasteiger partial charge is 0.271 e. The van der Waals surface area contributed by atoms with E-state index in [1.54, 1.807) is 30.3 Å². The Balaban J connectivity index is 1.79. The topological polar surface area (TPSA) is 91.1 Å². The van der Waals surface area contributed by atoms with Crippen molar-refractivity contribution < 1.29 is 9.72 Å². The highest BCUT2D eigenvalue weighted by molar-refractivity contribution is 9.10. The number of amides is 1. The van der Waals surface area contributed by atoms with Crippen LogP contribution in [0.25, 0.3) is 0 Å². The number of rotatable bonds is 5. The fraction of sp³-hybridized carbons (Fsp3) is 0.263. The average Bonchev–Trinajstić information content (AvgIpc) is 2.69. The number of hydrogen-bond donors (Lipinski definition) is 1. The van der Waals surface area contributed by atoms with Gasteiger partial charge in [0.2, 0.25) is 0 Å². The molecule has 2 aromatic rings. The van der Waals surface area contributed by atoms with Gasteiger partial charge >= 0.3 is 0 Å². The van der Waals surface area contributed by atoms with Gasteiger partial charge in [0.1, 0.15) is 0 Å². The molecule has 146 valence electrons. The summed E-state index contributed by atoms with van der Waals surface area (Å²) in [5, 5.41) is 15.2. The maximum atomic E-state index is 12.2. The van der Waals surface area contributed by atoms with E-state index < -0.39 is 4.92 Å². The van der Waals surface area contributed by atoms with Crippen LogP contribution in [0.3, 0.4) is 0 Å². The van der Waals surface area contributed by atoms with Gasteiger partial charge in [0.15, 0.2) is 0 Å². The first kappa shape index (κ1) is 20.0. The fourth-order valence-corrected chi connectivity index (χ4v) is 3.18. The molecule has 0 saturated carbocycles. The number of halogens is 1. The second-order valence-electron chi connectivity index (χ2n) is 6.50. The summed E-state index contributed by atoms with van der Waals surface area (Å²) in [6.07, 6.45) is 1.46. The van der Waals surface area contributed by atoms with Crippen molar-refractivity contribution >= 4 is 39.4 Å². The Morgan fingerprint density at radius 2 is 1.86 bits per heavy atom. The van der Waals surface area contributed by atoms with Crippen LogP contribution in [0.5, 0.6) is 0 Å². The van der Waals surface area contributed by atoms with Crippen LogP contribution in [0, 0.1) is 10.1 Å². The number of benzene rings is 2. The summed E-state index contributed by atoms with van der Waals surface area (Å²) in [5.74, 6) is -0.352. The van der Waals surface area contributed by atoms with Gasteiger partial charge in [-0.2, -0.15) is 5.10 Å². The number of nitrogens with one attached hydrogen (secondary N) is 1. The minimum Gasteiger partial charge on any atom is -0.368 e. The molecule has 1 amide bonds. The maximum absolute atomic E-state index is 12.2. The van der Waals surface area contributed by atoms with Gasteiger partial charge in [-0.1, -0.05) is 15.9 Å². The Morgan fingerprint density at radius 1 is 1.18 bits per heavy atom. The van der Waals surface area contributed by atoms with Crippen molar-refractivity contribution in [2.45, 2.75) is 0 Å². The molecule has 9 heteroatoms. The number of nitro benzene ring substituents is 1. The SMILES string of the molecule is CN1CCN(c2ccc([N+](=O)[O-])cc2/C=N\NC(=O)c2ccc(Br)cc2)CC1. The van der Waals surface area contributed by atoms with Crippen molar-refractivity contribution in [1.82, 2.24) is 10.3 Å². The van der Waals surface area contributed by atoms with Gasteiger partial charge in [-0.25, -0.2) is 5.43 Å². The number of likely N-dealkylation sites (N-methyl/N-ethyl adjacent to an activating group) is 1. The summed E-state index contributed by atoms with van der Waals surface area (Å²) < 4.78 is 0.876. The van der Waals surface area contributed by atoms with E-state index in [9.17, 15) is 14.9 Å². The van der Waals surface area contributed by atoms with Gasteiger partial charge < -0.3 is 9.80 Å². The molecule has 0 bridgehead atoms. The van der Waals surface area contributed by atoms with Crippen LogP contribution in [-0.2, 0) is 0 Å². The zero-order chi connectivity index (χ0) is 20.1. The largest absolute Gasteiger partial charge is 0.368 e. The van der Waals surface area contributed by atoms with Crippen LogP contribution in [0.1, 0.15) is 15.9 Å². The average molecular weight is 446 g/mol. The van der Waals surface area contributed by atoms with Crippen molar-refractivity contribution in [3.8, 4) is 0 Å². The molecule has 2 aromatic carbocycles. The monoisotopic (exact) mass is 445 g/mol. The highest BCUT2D eigenvalue weighted by Gasteiger charge is 2.18. The van der Waals surface area contributed by atoms with Gasteiger partial charge in [-0.3, -0.25) is 14.9 Å². The van der Waals surface area contributed by atoms with E-state index in [1.165, 1.54) is 18.3 Å². The molecule has 8 nitrogen and oxygen atoms in total. The Labute approximate surface area is 171 Å². The normalized spacial score (nSPS) is 15.0. The Kier molecular flexibility index (Phi) is 6.37. The molecule has 0 radical (unpaired) electrons. The first-order valence-corrected chi connectivity index (χ1v) is 9.54. The summed E-state index contributed by atoms with van der Waals surface area (Å²) in [6, 6.07) is 11.6. The molecule has 0 aliphatic carbocycles. The Bertz CT molecular complexity index is 893. The summed E-state index contributed by atoms with van der Waals surface area (Å²) in [7, 11) is 2.06. The van der Waals surface area contributed by atoms with Gasteiger partial charge in [-0.15, -0.1) is 0 Å². The van der Waals surface area contributed by atoms with Crippen LogP contribution < -0.4 is 10.3 Å². The number of hydrogen-bond acceptors (Lipinski definition) is 6. The number of carbonyl (C=O) groups excluding carboxylic acids is 1. The molecule has 1 saturated heterocycles. The fourth-order valence-electron chi connectivity index (χ4n) is 2.92. The zero-order valence-electron chi connectivity index (χ0n) is 15.3. The Morgan fingerprint density at radius 3 is 2.50 bits per heavy atom. The summed E-state index contributed by atoms with van der Waals surface area (Å²) in [6.45, 7) is 3.46. The van der Waals surface area contributed by atoms with Crippen LogP contribution in [0.2, 0.25) is 0 Å². The second kappa shape index (κ2) is 8.94. The highest BCUT2D eigenvalue weighted by atomic mass is 79.9. The lowest BCUT2D eigenvalue weighted by Crippen LogP contribution is -2.44. The number of nitrogens with zero attached hydrogens (tertiary/aromatic N) is 4. The highest BCUT2D eigenvalue weighted by Crippen LogP contribution is 2.25. The summed E-state index contributed by atoms with van der Waals surface area (Å²) in [4.78, 5) is 27.3. The quantitative estimate of drug-likeness (QED) is 0.433. The van der Waals surface area contributed by atoms with Crippen LogP contribution >= 0.6 is 15.9 Å². The van der Waals surface area contributed by atoms with E-state index in [1.807, 2.05) is 0 Å². The summed E-state index contributed by atoms with van der Waals surface area (Å²) in [5.41, 5.74) is 4.38. The number of nitro groups is 1.